The van der Waals surface area contributed by atoms with E-state index in [4.69, 9.17) is 16.3 Å². The van der Waals surface area contributed by atoms with Gasteiger partial charge in [0.15, 0.2) is 0 Å². The van der Waals surface area contributed by atoms with Gasteiger partial charge < -0.3 is 9.64 Å². The average molecular weight is 350 g/mol. The van der Waals surface area contributed by atoms with Crippen molar-refractivity contribution < 1.29 is 13.7 Å². The maximum atomic E-state index is 12.5. The number of β-lactam (4-membered cyclic amide) rings is 1. The van der Waals surface area contributed by atoms with Crippen molar-refractivity contribution in [3.63, 3.8) is 0 Å². The van der Waals surface area contributed by atoms with Gasteiger partial charge in [-0.15, -0.1) is 0 Å². The summed E-state index contributed by atoms with van der Waals surface area (Å²) in [5, 5.41) is 0.0809. The third-order valence-electron chi connectivity index (χ3n) is 3.97. The van der Waals surface area contributed by atoms with Gasteiger partial charge in [-0.2, -0.15) is 0 Å². The molecular weight excluding hydrogens is 334 g/mol. The SMILES string of the molecule is COc1ccc([C@@H]2[C@H](S(C)=O)C(=O)N2c2ccc(Cl)cc2)cc1. The second-order valence-electron chi connectivity index (χ2n) is 5.32. The Balaban J connectivity index is 1.98. The number of rotatable bonds is 4. The van der Waals surface area contributed by atoms with Gasteiger partial charge >= 0.3 is 0 Å². The van der Waals surface area contributed by atoms with E-state index in [2.05, 4.69) is 0 Å². The molecule has 0 N–H and O–H groups in total. The number of nitrogens with zero attached hydrogens (tertiary/aromatic N) is 1. The fraction of sp³-hybridized carbons (Fsp3) is 0.235. The lowest BCUT2D eigenvalue weighted by Crippen LogP contribution is -2.60. The van der Waals surface area contributed by atoms with E-state index in [9.17, 15) is 9.00 Å². The molecule has 2 aromatic rings. The number of methoxy groups -OCH3 is 1. The summed E-state index contributed by atoms with van der Waals surface area (Å²) < 4.78 is 17.2. The van der Waals surface area contributed by atoms with Crippen molar-refractivity contribution in [2.45, 2.75) is 11.3 Å². The highest BCUT2D eigenvalue weighted by molar-refractivity contribution is 7.86. The molecule has 1 unspecified atom stereocenters. The number of amides is 1. The summed E-state index contributed by atoms with van der Waals surface area (Å²) in [5.41, 5.74) is 1.68. The third kappa shape index (κ3) is 2.86. The number of hydrogen-bond acceptors (Lipinski definition) is 3. The Labute approximate surface area is 142 Å². The van der Waals surface area contributed by atoms with Gasteiger partial charge in [0.2, 0.25) is 5.91 Å². The first-order valence-corrected chi connectivity index (χ1v) is 9.07. The maximum absolute atomic E-state index is 12.5. The topological polar surface area (TPSA) is 46.6 Å². The lowest BCUT2D eigenvalue weighted by atomic mass is 9.92. The largest absolute Gasteiger partial charge is 0.497 e. The van der Waals surface area contributed by atoms with Crippen LogP contribution >= 0.6 is 11.6 Å². The molecule has 1 aliphatic heterocycles. The van der Waals surface area contributed by atoms with Crippen LogP contribution in [0.3, 0.4) is 0 Å². The minimum atomic E-state index is -1.24. The maximum Gasteiger partial charge on any atom is 0.245 e. The first-order chi connectivity index (χ1) is 11.0. The van der Waals surface area contributed by atoms with Gasteiger partial charge in [-0.1, -0.05) is 23.7 Å². The second kappa shape index (κ2) is 6.34. The fourth-order valence-corrected chi connectivity index (χ4v) is 3.97. The average Bonchev–Trinajstić information content (AvgIpc) is 2.54. The zero-order valence-electron chi connectivity index (χ0n) is 12.7. The molecule has 3 atom stereocenters. The lowest BCUT2D eigenvalue weighted by Gasteiger charge is -2.46. The zero-order chi connectivity index (χ0) is 16.6. The molecule has 0 spiro atoms. The molecule has 120 valence electrons. The van der Waals surface area contributed by atoms with Gasteiger partial charge in [0.1, 0.15) is 11.0 Å². The van der Waals surface area contributed by atoms with Crippen molar-refractivity contribution in [3.05, 3.63) is 59.1 Å². The van der Waals surface area contributed by atoms with Gasteiger partial charge in [0.25, 0.3) is 0 Å². The highest BCUT2D eigenvalue weighted by Crippen LogP contribution is 2.42. The van der Waals surface area contributed by atoms with Crippen molar-refractivity contribution in [2.75, 3.05) is 18.3 Å². The summed E-state index contributed by atoms with van der Waals surface area (Å²) >= 11 is 5.91. The van der Waals surface area contributed by atoms with Gasteiger partial charge in [-0.05, 0) is 42.0 Å². The number of anilines is 1. The summed E-state index contributed by atoms with van der Waals surface area (Å²) in [5.74, 6) is 0.612. The molecule has 1 heterocycles. The van der Waals surface area contributed by atoms with Crippen LogP contribution in [0.1, 0.15) is 11.6 Å². The van der Waals surface area contributed by atoms with E-state index < -0.39 is 16.0 Å². The Morgan fingerprint density at radius 2 is 1.70 bits per heavy atom. The highest BCUT2D eigenvalue weighted by Gasteiger charge is 2.51. The van der Waals surface area contributed by atoms with Crippen molar-refractivity contribution >= 4 is 34.0 Å². The molecule has 1 fully saturated rings. The Morgan fingerprint density at radius 1 is 1.09 bits per heavy atom. The lowest BCUT2D eigenvalue weighted by molar-refractivity contribution is -0.123. The zero-order valence-corrected chi connectivity index (χ0v) is 14.3. The standard InChI is InChI=1S/C17H16ClNO3S/c1-22-14-9-3-11(4-10-14)15-16(23(2)21)17(20)19(15)13-7-5-12(18)6-8-13/h3-10,15-16H,1-2H3/t15-,16+,23?/m1/s1. The fourth-order valence-electron chi connectivity index (χ4n) is 2.80. The second-order valence-corrected chi connectivity index (χ2v) is 7.26. The molecule has 23 heavy (non-hydrogen) atoms. The molecule has 4 nitrogen and oxygen atoms in total. The smallest absolute Gasteiger partial charge is 0.245 e. The summed E-state index contributed by atoms with van der Waals surface area (Å²) in [6, 6.07) is 14.3. The molecule has 0 radical (unpaired) electrons. The van der Waals surface area contributed by atoms with Crippen molar-refractivity contribution in [1.82, 2.24) is 0 Å². The van der Waals surface area contributed by atoms with E-state index in [1.54, 1.807) is 42.5 Å². The van der Waals surface area contributed by atoms with Crippen LogP contribution in [0.25, 0.3) is 0 Å². The first-order valence-electron chi connectivity index (χ1n) is 7.07. The predicted octanol–water partition coefficient (Wildman–Crippen LogP) is 3.18. The quantitative estimate of drug-likeness (QED) is 0.796. The first kappa shape index (κ1) is 16.0. The highest BCUT2D eigenvalue weighted by atomic mass is 35.5. The summed E-state index contributed by atoms with van der Waals surface area (Å²) in [4.78, 5) is 14.1. The summed E-state index contributed by atoms with van der Waals surface area (Å²) in [6.45, 7) is 0. The van der Waals surface area contributed by atoms with Crippen LogP contribution in [0.15, 0.2) is 48.5 Å². The van der Waals surface area contributed by atoms with E-state index in [-0.39, 0.29) is 11.9 Å². The monoisotopic (exact) mass is 349 g/mol. The van der Waals surface area contributed by atoms with Crippen LogP contribution in [-0.4, -0.2) is 28.7 Å². The number of carbonyl (C=O) groups is 1. The molecule has 1 aliphatic rings. The molecule has 3 rings (SSSR count). The number of ether oxygens (including phenoxy) is 1. The molecule has 2 aromatic carbocycles. The van der Waals surface area contributed by atoms with E-state index in [1.165, 1.54) is 0 Å². The van der Waals surface area contributed by atoms with Gasteiger partial charge in [-0.25, -0.2) is 0 Å². The molecule has 0 aromatic heterocycles. The van der Waals surface area contributed by atoms with E-state index in [0.717, 1.165) is 17.0 Å². The predicted molar refractivity (Wildman–Crippen MR) is 92.5 cm³/mol. The summed E-state index contributed by atoms with van der Waals surface area (Å²) in [6.07, 6.45) is 1.57. The van der Waals surface area contributed by atoms with Crippen LogP contribution in [0.5, 0.6) is 5.75 Å². The van der Waals surface area contributed by atoms with Crippen LogP contribution in [0, 0.1) is 0 Å². The van der Waals surface area contributed by atoms with E-state index in [0.29, 0.717) is 5.02 Å². The Kier molecular flexibility index (Phi) is 4.41. The van der Waals surface area contributed by atoms with Gasteiger partial charge in [0.05, 0.1) is 13.2 Å². The van der Waals surface area contributed by atoms with Crippen LogP contribution in [0.2, 0.25) is 5.02 Å². The number of carbonyl (C=O) groups excluding carboxylic acids is 1. The van der Waals surface area contributed by atoms with Crippen LogP contribution < -0.4 is 9.64 Å². The molecule has 0 aliphatic carbocycles. The number of hydrogen-bond donors (Lipinski definition) is 0. The molecular formula is C17H16ClNO3S. The molecule has 0 bridgehead atoms. The Morgan fingerprint density at radius 3 is 2.22 bits per heavy atom. The normalized spacial score (nSPS) is 21.7. The van der Waals surface area contributed by atoms with Gasteiger partial charge in [-0.3, -0.25) is 9.00 Å². The van der Waals surface area contributed by atoms with E-state index >= 15 is 0 Å². The Bertz CT molecular complexity index is 745. The minimum Gasteiger partial charge on any atom is -0.497 e. The van der Waals surface area contributed by atoms with Crippen molar-refractivity contribution in [1.29, 1.82) is 0 Å². The minimum absolute atomic E-state index is 0.131. The van der Waals surface area contributed by atoms with Crippen LogP contribution in [-0.2, 0) is 15.6 Å². The summed E-state index contributed by atoms with van der Waals surface area (Å²) in [7, 11) is 0.364. The van der Waals surface area contributed by atoms with Gasteiger partial charge in [0, 0.05) is 27.8 Å². The number of halogens is 1. The number of benzene rings is 2. The van der Waals surface area contributed by atoms with Crippen LogP contribution in [0.4, 0.5) is 5.69 Å². The molecule has 0 saturated carbocycles. The Hall–Kier alpha value is -1.85. The molecule has 1 saturated heterocycles. The molecule has 1 amide bonds. The van der Waals surface area contributed by atoms with Crippen molar-refractivity contribution in [3.8, 4) is 5.75 Å². The third-order valence-corrected chi connectivity index (χ3v) is 5.39. The molecule has 6 heteroatoms. The van der Waals surface area contributed by atoms with Crippen molar-refractivity contribution in [2.24, 2.45) is 0 Å². The van der Waals surface area contributed by atoms with E-state index in [1.807, 2.05) is 24.3 Å².